The summed E-state index contributed by atoms with van der Waals surface area (Å²) in [6, 6.07) is 18.1. The highest BCUT2D eigenvalue weighted by atomic mass is 32.2. The van der Waals surface area contributed by atoms with E-state index in [1.165, 1.54) is 18.2 Å². The zero-order chi connectivity index (χ0) is 17.2. The Balaban J connectivity index is 1.83. The van der Waals surface area contributed by atoms with Crippen LogP contribution in [0.3, 0.4) is 0 Å². The van der Waals surface area contributed by atoms with Crippen LogP contribution >= 0.6 is 0 Å². The number of fused-ring (bicyclic) bond motifs is 1. The maximum Gasteiger partial charge on any atom is 0.243 e. The lowest BCUT2D eigenvalue weighted by Crippen LogP contribution is -2.29. The van der Waals surface area contributed by atoms with E-state index in [-0.39, 0.29) is 6.54 Å². The highest BCUT2D eigenvalue weighted by Gasteiger charge is 2.20. The Morgan fingerprint density at radius 3 is 2.42 bits per heavy atom. The molecule has 0 amide bonds. The van der Waals surface area contributed by atoms with Gasteiger partial charge in [0.15, 0.2) is 0 Å². The first kappa shape index (κ1) is 16.6. The van der Waals surface area contributed by atoms with Gasteiger partial charge in [0, 0.05) is 6.54 Å². The number of aliphatic hydroxyl groups excluding tert-OH is 1. The van der Waals surface area contributed by atoms with E-state index in [0.29, 0.717) is 5.56 Å². The van der Waals surface area contributed by atoms with Gasteiger partial charge in [-0.2, -0.15) is 0 Å². The molecule has 0 heterocycles. The van der Waals surface area contributed by atoms with Crippen molar-refractivity contribution in [3.05, 3.63) is 78.1 Å². The Labute approximate surface area is 139 Å². The topological polar surface area (TPSA) is 66.4 Å². The van der Waals surface area contributed by atoms with Crippen LogP contribution < -0.4 is 4.72 Å². The Bertz CT molecular complexity index is 967. The standard InChI is InChI=1S/C18H16FNO3S/c19-16-10-3-4-11-18(16)24(22,23)20-12-17(21)15-9-5-7-13-6-1-2-8-14(13)15/h1-11,17,20-21H,12H2/t17-/m0/s1. The first-order valence-corrected chi connectivity index (χ1v) is 8.87. The Morgan fingerprint density at radius 2 is 1.62 bits per heavy atom. The molecule has 0 aromatic heterocycles. The fraction of sp³-hybridized carbons (Fsp3) is 0.111. The number of rotatable bonds is 5. The Kier molecular flexibility index (Phi) is 4.62. The van der Waals surface area contributed by atoms with Crippen LogP contribution in [0.25, 0.3) is 10.8 Å². The van der Waals surface area contributed by atoms with Crippen LogP contribution in [0.2, 0.25) is 0 Å². The highest BCUT2D eigenvalue weighted by Crippen LogP contribution is 2.24. The van der Waals surface area contributed by atoms with Gasteiger partial charge in [0.05, 0.1) is 6.10 Å². The molecule has 3 aromatic carbocycles. The third-order valence-corrected chi connectivity index (χ3v) is 5.23. The van der Waals surface area contributed by atoms with Crippen molar-refractivity contribution in [3.63, 3.8) is 0 Å². The summed E-state index contributed by atoms with van der Waals surface area (Å²) in [5, 5.41) is 12.2. The average molecular weight is 345 g/mol. The fourth-order valence-electron chi connectivity index (χ4n) is 2.58. The van der Waals surface area contributed by atoms with Crippen LogP contribution in [-0.4, -0.2) is 20.1 Å². The fourth-order valence-corrected chi connectivity index (χ4v) is 3.70. The second kappa shape index (κ2) is 6.68. The van der Waals surface area contributed by atoms with Gasteiger partial charge in [0.2, 0.25) is 10.0 Å². The maximum atomic E-state index is 13.7. The average Bonchev–Trinajstić information content (AvgIpc) is 2.59. The Morgan fingerprint density at radius 1 is 0.958 bits per heavy atom. The van der Waals surface area contributed by atoms with Gasteiger partial charge in [0.25, 0.3) is 0 Å². The van der Waals surface area contributed by atoms with Crippen molar-refractivity contribution in [3.8, 4) is 0 Å². The number of hydrogen-bond acceptors (Lipinski definition) is 3. The predicted molar refractivity (Wildman–Crippen MR) is 90.5 cm³/mol. The molecule has 0 fully saturated rings. The second-order valence-corrected chi connectivity index (χ2v) is 7.10. The summed E-state index contributed by atoms with van der Waals surface area (Å²) < 4.78 is 40.3. The molecule has 0 unspecified atom stereocenters. The molecule has 0 aliphatic carbocycles. The quantitative estimate of drug-likeness (QED) is 0.747. The van der Waals surface area contributed by atoms with Gasteiger partial charge in [-0.1, -0.05) is 54.6 Å². The predicted octanol–water partition coefficient (Wildman–Crippen LogP) is 2.99. The molecule has 0 aliphatic rings. The van der Waals surface area contributed by atoms with Gasteiger partial charge < -0.3 is 5.11 Å². The molecule has 4 nitrogen and oxygen atoms in total. The summed E-state index contributed by atoms with van der Waals surface area (Å²) in [6.45, 7) is -0.245. The maximum absolute atomic E-state index is 13.7. The third kappa shape index (κ3) is 3.31. The van der Waals surface area contributed by atoms with Crippen molar-refractivity contribution in [2.45, 2.75) is 11.0 Å². The zero-order valence-corrected chi connectivity index (χ0v) is 13.5. The van der Waals surface area contributed by atoms with E-state index in [0.717, 1.165) is 16.8 Å². The molecule has 3 rings (SSSR count). The molecule has 0 spiro atoms. The number of aliphatic hydroxyl groups is 1. The van der Waals surface area contributed by atoms with Crippen LogP contribution in [0.4, 0.5) is 4.39 Å². The van der Waals surface area contributed by atoms with E-state index in [1.54, 1.807) is 12.1 Å². The van der Waals surface area contributed by atoms with Crippen molar-refractivity contribution < 1.29 is 17.9 Å². The number of halogens is 1. The molecular weight excluding hydrogens is 329 g/mol. The molecule has 0 saturated carbocycles. The largest absolute Gasteiger partial charge is 0.387 e. The van der Waals surface area contributed by atoms with Crippen LogP contribution in [0.15, 0.2) is 71.6 Å². The summed E-state index contributed by atoms with van der Waals surface area (Å²) >= 11 is 0. The summed E-state index contributed by atoms with van der Waals surface area (Å²) in [7, 11) is -4.03. The SMILES string of the molecule is O=S(=O)(NC[C@H](O)c1cccc2ccccc12)c1ccccc1F. The second-order valence-electron chi connectivity index (χ2n) is 5.37. The minimum Gasteiger partial charge on any atom is -0.387 e. The molecule has 6 heteroatoms. The third-order valence-electron chi connectivity index (χ3n) is 3.78. The van der Waals surface area contributed by atoms with Crippen LogP contribution in [0, 0.1) is 5.82 Å². The zero-order valence-electron chi connectivity index (χ0n) is 12.7. The van der Waals surface area contributed by atoms with Gasteiger partial charge >= 0.3 is 0 Å². The van der Waals surface area contributed by atoms with Gasteiger partial charge in [-0.25, -0.2) is 17.5 Å². The lowest BCUT2D eigenvalue weighted by atomic mass is 10.0. The van der Waals surface area contributed by atoms with E-state index >= 15 is 0 Å². The van der Waals surface area contributed by atoms with E-state index < -0.39 is 26.8 Å². The molecule has 1 atom stereocenters. The van der Waals surface area contributed by atoms with Crippen molar-refractivity contribution in [2.24, 2.45) is 0 Å². The molecule has 0 saturated heterocycles. The van der Waals surface area contributed by atoms with E-state index in [9.17, 15) is 17.9 Å². The minimum atomic E-state index is -4.03. The number of nitrogens with one attached hydrogen (secondary N) is 1. The summed E-state index contributed by atoms with van der Waals surface area (Å²) in [5.74, 6) is -0.829. The summed E-state index contributed by atoms with van der Waals surface area (Å²) in [4.78, 5) is -0.435. The monoisotopic (exact) mass is 345 g/mol. The van der Waals surface area contributed by atoms with Gasteiger partial charge in [-0.3, -0.25) is 0 Å². The smallest absolute Gasteiger partial charge is 0.243 e. The lowest BCUT2D eigenvalue weighted by Gasteiger charge is -2.15. The molecule has 2 N–H and O–H groups in total. The van der Waals surface area contributed by atoms with Crippen LogP contribution in [0.1, 0.15) is 11.7 Å². The van der Waals surface area contributed by atoms with Gasteiger partial charge in [-0.15, -0.1) is 0 Å². The molecule has 124 valence electrons. The minimum absolute atomic E-state index is 0.245. The first-order chi connectivity index (χ1) is 11.5. The summed E-state index contributed by atoms with van der Waals surface area (Å²) in [5.41, 5.74) is 0.615. The number of hydrogen-bond donors (Lipinski definition) is 2. The molecule has 3 aromatic rings. The normalized spacial score (nSPS) is 13.1. The van der Waals surface area contributed by atoms with Crippen LogP contribution in [0.5, 0.6) is 0 Å². The van der Waals surface area contributed by atoms with Crippen molar-refractivity contribution in [2.75, 3.05) is 6.54 Å². The van der Waals surface area contributed by atoms with Gasteiger partial charge in [0.1, 0.15) is 10.7 Å². The summed E-state index contributed by atoms with van der Waals surface area (Å²) in [6.07, 6.45) is -1.04. The van der Waals surface area contributed by atoms with E-state index in [4.69, 9.17) is 0 Å². The van der Waals surface area contributed by atoms with Crippen molar-refractivity contribution in [1.29, 1.82) is 0 Å². The highest BCUT2D eigenvalue weighted by molar-refractivity contribution is 7.89. The first-order valence-electron chi connectivity index (χ1n) is 7.39. The van der Waals surface area contributed by atoms with Crippen molar-refractivity contribution >= 4 is 20.8 Å². The molecule has 0 aliphatic heterocycles. The number of benzene rings is 3. The number of sulfonamides is 1. The molecule has 0 bridgehead atoms. The van der Waals surface area contributed by atoms with Gasteiger partial charge in [-0.05, 0) is 28.5 Å². The lowest BCUT2D eigenvalue weighted by molar-refractivity contribution is 0.183. The Hall–Kier alpha value is -2.28. The van der Waals surface area contributed by atoms with Crippen molar-refractivity contribution in [1.82, 2.24) is 4.72 Å². The molecule has 24 heavy (non-hydrogen) atoms. The van der Waals surface area contributed by atoms with E-state index in [2.05, 4.69) is 4.72 Å². The molecular formula is C18H16FNO3S. The molecule has 0 radical (unpaired) electrons. The van der Waals surface area contributed by atoms with Crippen LogP contribution in [-0.2, 0) is 10.0 Å². The van der Waals surface area contributed by atoms with E-state index in [1.807, 2.05) is 30.3 Å².